The third-order valence-corrected chi connectivity index (χ3v) is 4.13. The molecule has 0 aromatic heterocycles. The average molecular weight is 331 g/mol. The predicted octanol–water partition coefficient (Wildman–Crippen LogP) is 2.70. The second-order valence-electron chi connectivity index (χ2n) is 5.50. The van der Waals surface area contributed by atoms with Crippen LogP contribution in [0.2, 0.25) is 0 Å². The van der Waals surface area contributed by atoms with Crippen LogP contribution in [-0.2, 0) is 4.74 Å². The number of halogens is 2. The predicted molar refractivity (Wildman–Crippen MR) is 77.5 cm³/mol. The van der Waals surface area contributed by atoms with Gasteiger partial charge in [0, 0.05) is 30.1 Å². The number of hydrogen-bond acceptors (Lipinski definition) is 3. The monoisotopic (exact) mass is 330 g/mol. The summed E-state index contributed by atoms with van der Waals surface area (Å²) < 4.78 is 19.7. The molecule has 19 heavy (non-hydrogen) atoms. The van der Waals surface area contributed by atoms with Crippen LogP contribution < -0.4 is 5.73 Å². The molecule has 106 valence electrons. The Morgan fingerprint density at radius 3 is 2.84 bits per heavy atom. The maximum absolute atomic E-state index is 13.2. The average Bonchev–Trinajstić information content (AvgIpc) is 2.31. The van der Waals surface area contributed by atoms with Gasteiger partial charge in [-0.05, 0) is 31.5 Å². The Bertz CT molecular complexity index is 453. The van der Waals surface area contributed by atoms with E-state index in [-0.39, 0.29) is 17.5 Å². The largest absolute Gasteiger partial charge is 0.373 e. The zero-order valence-corrected chi connectivity index (χ0v) is 12.9. The summed E-state index contributed by atoms with van der Waals surface area (Å²) in [7, 11) is 0. The number of nitrogens with zero attached hydrogens (tertiary/aromatic N) is 1. The number of nitrogens with two attached hydrogens (primary N) is 1. The first-order valence-corrected chi connectivity index (χ1v) is 7.25. The number of morpholine rings is 1. The van der Waals surface area contributed by atoms with Gasteiger partial charge >= 0.3 is 0 Å². The zero-order valence-electron chi connectivity index (χ0n) is 11.3. The molecule has 1 atom stereocenters. The van der Waals surface area contributed by atoms with Crippen molar-refractivity contribution >= 4 is 15.9 Å². The van der Waals surface area contributed by atoms with Gasteiger partial charge in [0.2, 0.25) is 0 Å². The molecule has 0 radical (unpaired) electrons. The van der Waals surface area contributed by atoms with Crippen molar-refractivity contribution in [2.24, 2.45) is 5.73 Å². The summed E-state index contributed by atoms with van der Waals surface area (Å²) in [6.07, 6.45) is 0. The molecule has 1 unspecified atom stereocenters. The van der Waals surface area contributed by atoms with Crippen molar-refractivity contribution in [1.82, 2.24) is 4.90 Å². The van der Waals surface area contributed by atoms with Crippen LogP contribution in [0.1, 0.15) is 25.5 Å². The quantitative estimate of drug-likeness (QED) is 0.926. The minimum absolute atomic E-state index is 0.0816. The molecule has 1 fully saturated rings. The molecular formula is C14H20BrFN2O. The summed E-state index contributed by atoms with van der Waals surface area (Å²) in [6.45, 7) is 7.01. The summed E-state index contributed by atoms with van der Waals surface area (Å²) in [6, 6.07) is 4.86. The van der Waals surface area contributed by atoms with E-state index in [1.807, 2.05) is 0 Å². The minimum Gasteiger partial charge on any atom is -0.373 e. The lowest BCUT2D eigenvalue weighted by Gasteiger charge is -2.42. The van der Waals surface area contributed by atoms with Crippen molar-refractivity contribution in [3.8, 4) is 0 Å². The van der Waals surface area contributed by atoms with Crippen molar-refractivity contribution in [3.05, 3.63) is 34.1 Å². The Balaban J connectivity index is 2.24. The molecule has 3 nitrogen and oxygen atoms in total. The van der Waals surface area contributed by atoms with Crippen LogP contribution in [0.25, 0.3) is 0 Å². The standard InChI is InChI=1S/C14H20BrFN2O/c1-14(2)9-18(5-6-19-14)13(8-17)11-4-3-10(16)7-12(11)15/h3-4,7,13H,5-6,8-9,17H2,1-2H3. The van der Waals surface area contributed by atoms with Gasteiger partial charge in [0.1, 0.15) is 5.82 Å². The van der Waals surface area contributed by atoms with Gasteiger partial charge in [-0.25, -0.2) is 4.39 Å². The molecule has 2 N–H and O–H groups in total. The molecule has 5 heteroatoms. The van der Waals surface area contributed by atoms with Gasteiger partial charge in [-0.3, -0.25) is 4.90 Å². The minimum atomic E-state index is -0.242. The highest BCUT2D eigenvalue weighted by Crippen LogP contribution is 2.31. The highest BCUT2D eigenvalue weighted by molar-refractivity contribution is 9.10. The van der Waals surface area contributed by atoms with Crippen LogP contribution >= 0.6 is 15.9 Å². The van der Waals surface area contributed by atoms with Crippen LogP contribution in [0.15, 0.2) is 22.7 Å². The molecule has 1 saturated heterocycles. The Morgan fingerprint density at radius 1 is 1.53 bits per heavy atom. The third-order valence-electron chi connectivity index (χ3n) is 3.44. The molecule has 2 rings (SSSR count). The third kappa shape index (κ3) is 3.54. The molecule has 0 amide bonds. The van der Waals surface area contributed by atoms with Crippen molar-refractivity contribution in [2.45, 2.75) is 25.5 Å². The Kier molecular flexibility index (Phi) is 4.61. The smallest absolute Gasteiger partial charge is 0.124 e. The lowest BCUT2D eigenvalue weighted by molar-refractivity contribution is -0.0968. The van der Waals surface area contributed by atoms with Gasteiger partial charge < -0.3 is 10.5 Å². The van der Waals surface area contributed by atoms with E-state index < -0.39 is 0 Å². The molecule has 1 aliphatic rings. The van der Waals surface area contributed by atoms with Crippen molar-refractivity contribution in [3.63, 3.8) is 0 Å². The van der Waals surface area contributed by atoms with E-state index in [9.17, 15) is 4.39 Å². The zero-order chi connectivity index (χ0) is 14.0. The van der Waals surface area contributed by atoms with E-state index in [0.717, 1.165) is 23.1 Å². The van der Waals surface area contributed by atoms with Crippen LogP contribution in [-0.4, -0.2) is 36.7 Å². The second kappa shape index (κ2) is 5.87. The Morgan fingerprint density at radius 2 is 2.26 bits per heavy atom. The van der Waals surface area contributed by atoms with Gasteiger partial charge in [-0.15, -0.1) is 0 Å². The summed E-state index contributed by atoms with van der Waals surface area (Å²) in [5.41, 5.74) is 6.79. The highest BCUT2D eigenvalue weighted by atomic mass is 79.9. The molecule has 0 bridgehead atoms. The van der Waals surface area contributed by atoms with Gasteiger partial charge in [0.25, 0.3) is 0 Å². The van der Waals surface area contributed by atoms with Crippen LogP contribution in [0.4, 0.5) is 4.39 Å². The fourth-order valence-corrected chi connectivity index (χ4v) is 3.18. The van der Waals surface area contributed by atoms with Gasteiger partial charge in [-0.2, -0.15) is 0 Å². The van der Waals surface area contributed by atoms with Crippen LogP contribution in [0.5, 0.6) is 0 Å². The van der Waals surface area contributed by atoms with E-state index in [2.05, 4.69) is 34.7 Å². The topological polar surface area (TPSA) is 38.5 Å². The number of benzene rings is 1. The second-order valence-corrected chi connectivity index (χ2v) is 6.35. The van der Waals surface area contributed by atoms with E-state index >= 15 is 0 Å². The molecular weight excluding hydrogens is 311 g/mol. The normalized spacial score (nSPS) is 21.3. The van der Waals surface area contributed by atoms with E-state index in [1.54, 1.807) is 6.07 Å². The summed E-state index contributed by atoms with van der Waals surface area (Å²) in [5.74, 6) is -0.242. The molecule has 1 heterocycles. The first-order valence-electron chi connectivity index (χ1n) is 6.46. The van der Waals surface area contributed by atoms with Crippen molar-refractivity contribution in [1.29, 1.82) is 0 Å². The fraction of sp³-hybridized carbons (Fsp3) is 0.571. The van der Waals surface area contributed by atoms with Crippen LogP contribution in [0, 0.1) is 5.82 Å². The van der Waals surface area contributed by atoms with Crippen molar-refractivity contribution < 1.29 is 9.13 Å². The van der Waals surface area contributed by atoms with E-state index in [4.69, 9.17) is 10.5 Å². The lowest BCUT2D eigenvalue weighted by atomic mass is 10.0. The van der Waals surface area contributed by atoms with Crippen molar-refractivity contribution in [2.75, 3.05) is 26.2 Å². The van der Waals surface area contributed by atoms with Gasteiger partial charge in [-0.1, -0.05) is 22.0 Å². The molecule has 0 spiro atoms. The Hall–Kier alpha value is -0.490. The summed E-state index contributed by atoms with van der Waals surface area (Å²) in [4.78, 5) is 2.31. The summed E-state index contributed by atoms with van der Waals surface area (Å²) >= 11 is 3.43. The molecule has 1 aromatic carbocycles. The fourth-order valence-electron chi connectivity index (χ4n) is 2.56. The number of rotatable bonds is 3. The molecule has 1 aromatic rings. The van der Waals surface area contributed by atoms with E-state index in [1.165, 1.54) is 12.1 Å². The first kappa shape index (κ1) is 14.9. The highest BCUT2D eigenvalue weighted by Gasteiger charge is 2.32. The summed E-state index contributed by atoms with van der Waals surface area (Å²) in [5, 5.41) is 0. The molecule has 0 saturated carbocycles. The maximum atomic E-state index is 13.2. The first-order chi connectivity index (χ1) is 8.93. The van der Waals surface area contributed by atoms with E-state index in [0.29, 0.717) is 13.2 Å². The maximum Gasteiger partial charge on any atom is 0.124 e. The molecule has 0 aliphatic carbocycles. The number of ether oxygens (including phenoxy) is 1. The SMILES string of the molecule is CC1(C)CN(C(CN)c2ccc(F)cc2Br)CCO1. The Labute approximate surface area is 122 Å². The lowest BCUT2D eigenvalue weighted by Crippen LogP contribution is -2.50. The van der Waals surface area contributed by atoms with Gasteiger partial charge in [0.15, 0.2) is 0 Å². The number of hydrogen-bond donors (Lipinski definition) is 1. The van der Waals surface area contributed by atoms with Crippen LogP contribution in [0.3, 0.4) is 0 Å². The molecule has 1 aliphatic heterocycles. The van der Waals surface area contributed by atoms with Gasteiger partial charge in [0.05, 0.1) is 12.2 Å².